The van der Waals surface area contributed by atoms with Gasteiger partial charge in [-0.05, 0) is 55.0 Å². The van der Waals surface area contributed by atoms with Crippen LogP contribution >= 0.6 is 0 Å². The maximum absolute atomic E-state index is 13.7. The lowest BCUT2D eigenvalue weighted by Crippen LogP contribution is -2.62. The molecule has 0 radical (unpaired) electrons. The number of amides is 1. The number of carboxylic acids is 1. The lowest BCUT2D eigenvalue weighted by atomic mass is 9.83. The monoisotopic (exact) mass is 503 g/mol. The molecule has 1 saturated heterocycles. The highest BCUT2D eigenvalue weighted by Gasteiger charge is 2.40. The third kappa shape index (κ3) is 5.39. The van der Waals surface area contributed by atoms with Gasteiger partial charge in [-0.1, -0.05) is 24.3 Å². The second-order valence-corrected chi connectivity index (χ2v) is 9.17. The summed E-state index contributed by atoms with van der Waals surface area (Å²) < 4.78 is 45.7. The topological polar surface area (TPSA) is 105 Å². The minimum Gasteiger partial charge on any atom is -0.488 e. The number of carbonyl (C=O) groups is 2. The van der Waals surface area contributed by atoms with Crippen molar-refractivity contribution in [3.8, 4) is 5.75 Å². The zero-order valence-electron chi connectivity index (χ0n) is 19.8. The summed E-state index contributed by atoms with van der Waals surface area (Å²) in [7, 11) is 0. The summed E-state index contributed by atoms with van der Waals surface area (Å²) in [6.45, 7) is 2.31. The van der Waals surface area contributed by atoms with E-state index in [1.807, 2.05) is 24.3 Å². The average molecular weight is 504 g/mol. The fourth-order valence-electron chi connectivity index (χ4n) is 4.80. The molecule has 2 aromatic carbocycles. The van der Waals surface area contributed by atoms with Gasteiger partial charge in [0, 0.05) is 19.1 Å². The van der Waals surface area contributed by atoms with Crippen LogP contribution in [0.1, 0.15) is 30.9 Å². The van der Waals surface area contributed by atoms with Crippen LogP contribution in [-0.2, 0) is 16.0 Å². The second kappa shape index (κ2) is 10.7. The largest absolute Gasteiger partial charge is 0.488 e. The molecule has 4 N–H and O–H groups in total. The average Bonchev–Trinajstić information content (AvgIpc) is 2.85. The number of hydrogen-bond acceptors (Lipinski definition) is 5. The number of ether oxygens (including phenoxy) is 1. The molecule has 0 unspecified atom stereocenters. The Kier molecular flexibility index (Phi) is 7.65. The summed E-state index contributed by atoms with van der Waals surface area (Å²) in [6.07, 6.45) is 1.44. The molecule has 2 aromatic rings. The SMILES string of the molecule is C[C@H](N)C(=O)N1C[C@@H]2CC(c3ccc(CCCOc4c(F)ccc(F)c4F)cc3)=C(C(=O)O)[C@H](C1)N2. The predicted molar refractivity (Wildman–Crippen MR) is 127 cm³/mol. The van der Waals surface area contributed by atoms with Gasteiger partial charge in [0.2, 0.25) is 11.7 Å². The number of nitrogens with two attached hydrogens (primary N) is 1. The number of halogens is 3. The zero-order chi connectivity index (χ0) is 26.0. The predicted octanol–water partition coefficient (Wildman–Crippen LogP) is 2.87. The highest BCUT2D eigenvalue weighted by molar-refractivity contribution is 5.99. The van der Waals surface area contributed by atoms with E-state index in [4.69, 9.17) is 10.5 Å². The molecule has 2 bridgehead atoms. The molecular formula is C26H28F3N3O4. The number of fused-ring (bicyclic) bond motifs is 2. The maximum atomic E-state index is 13.7. The molecule has 0 spiro atoms. The van der Waals surface area contributed by atoms with Gasteiger partial charge in [-0.2, -0.15) is 4.39 Å². The van der Waals surface area contributed by atoms with Crippen molar-refractivity contribution in [1.82, 2.24) is 10.2 Å². The molecule has 2 heterocycles. The molecule has 4 rings (SSSR count). The van der Waals surface area contributed by atoms with Gasteiger partial charge in [0.15, 0.2) is 17.4 Å². The smallest absolute Gasteiger partial charge is 0.333 e. The van der Waals surface area contributed by atoms with E-state index in [2.05, 4.69) is 5.32 Å². The molecule has 0 aromatic heterocycles. The first-order chi connectivity index (χ1) is 17.2. The molecule has 2 aliphatic rings. The molecule has 7 nitrogen and oxygen atoms in total. The van der Waals surface area contributed by atoms with Gasteiger partial charge >= 0.3 is 5.97 Å². The van der Waals surface area contributed by atoms with Gasteiger partial charge < -0.3 is 25.8 Å². The van der Waals surface area contributed by atoms with Crippen LogP contribution in [0.25, 0.3) is 5.57 Å². The van der Waals surface area contributed by atoms with E-state index < -0.39 is 41.3 Å². The maximum Gasteiger partial charge on any atom is 0.333 e. The van der Waals surface area contributed by atoms with Crippen molar-refractivity contribution < 1.29 is 32.6 Å². The zero-order valence-corrected chi connectivity index (χ0v) is 19.8. The highest BCUT2D eigenvalue weighted by atomic mass is 19.2. The number of rotatable bonds is 8. The van der Waals surface area contributed by atoms with Crippen LogP contribution in [0.4, 0.5) is 13.2 Å². The minimum absolute atomic E-state index is 0.000966. The van der Waals surface area contributed by atoms with Crippen LogP contribution in [0, 0.1) is 17.5 Å². The normalized spacial score (nSPS) is 20.3. The van der Waals surface area contributed by atoms with Crippen LogP contribution in [0.3, 0.4) is 0 Å². The van der Waals surface area contributed by atoms with Gasteiger partial charge in [-0.3, -0.25) is 4.79 Å². The molecule has 192 valence electrons. The number of nitrogens with zero attached hydrogens (tertiary/aromatic N) is 1. The molecule has 1 amide bonds. The number of carbonyl (C=O) groups excluding carboxylic acids is 1. The van der Waals surface area contributed by atoms with Gasteiger partial charge in [0.05, 0.1) is 24.3 Å². The fraction of sp³-hybridized carbons (Fsp3) is 0.385. The Labute approximate surface area is 206 Å². The summed E-state index contributed by atoms with van der Waals surface area (Å²) >= 11 is 0. The first-order valence-corrected chi connectivity index (χ1v) is 11.8. The van der Waals surface area contributed by atoms with Crippen molar-refractivity contribution in [2.45, 2.75) is 44.3 Å². The standard InChI is InChI=1S/C26H28F3N3O4/c1-14(30)25(33)32-12-17-11-18(22(26(34)35)21(13-32)31-17)16-6-4-15(5-7-16)3-2-10-36-24-20(28)9-8-19(27)23(24)29/h4-9,14,17,21,31H,2-3,10-13,30H2,1H3,(H,34,35)/t14-,17-,21-/m0/s1. The molecule has 1 fully saturated rings. The summed E-state index contributed by atoms with van der Waals surface area (Å²) in [5.41, 5.74) is 8.44. The van der Waals surface area contributed by atoms with Crippen molar-refractivity contribution in [3.05, 3.63) is 70.5 Å². The first kappa shape index (κ1) is 25.7. The number of benzene rings is 2. The lowest BCUT2D eigenvalue weighted by Gasteiger charge is -2.44. The van der Waals surface area contributed by atoms with Gasteiger partial charge in [-0.15, -0.1) is 0 Å². The summed E-state index contributed by atoms with van der Waals surface area (Å²) in [6, 6.07) is 7.75. The van der Waals surface area contributed by atoms with Crippen LogP contribution in [-0.4, -0.2) is 59.7 Å². The Morgan fingerprint density at radius 1 is 1.14 bits per heavy atom. The van der Waals surface area contributed by atoms with Crippen molar-refractivity contribution in [3.63, 3.8) is 0 Å². The molecule has 10 heteroatoms. The van der Waals surface area contributed by atoms with Crippen LogP contribution in [0.5, 0.6) is 5.75 Å². The number of piperazine rings is 1. The molecule has 0 aliphatic carbocycles. The van der Waals surface area contributed by atoms with Gasteiger partial charge in [0.25, 0.3) is 0 Å². The minimum atomic E-state index is -1.35. The van der Waals surface area contributed by atoms with E-state index in [9.17, 15) is 27.9 Å². The van der Waals surface area contributed by atoms with E-state index in [0.29, 0.717) is 31.9 Å². The molecular weight excluding hydrogens is 475 g/mol. The Balaban J connectivity index is 1.42. The number of nitrogens with one attached hydrogen (secondary N) is 1. The van der Waals surface area contributed by atoms with Crippen LogP contribution in [0.2, 0.25) is 0 Å². The summed E-state index contributed by atoms with van der Waals surface area (Å²) in [4.78, 5) is 26.2. The van der Waals surface area contributed by atoms with Gasteiger partial charge in [0.1, 0.15) is 0 Å². The Morgan fingerprint density at radius 2 is 1.83 bits per heavy atom. The number of carboxylic acid groups (broad SMARTS) is 1. The summed E-state index contributed by atoms with van der Waals surface area (Å²) in [5.74, 6) is -5.44. The Hall–Kier alpha value is -3.37. The Bertz CT molecular complexity index is 1180. The van der Waals surface area contributed by atoms with Crippen LogP contribution < -0.4 is 15.8 Å². The van der Waals surface area contributed by atoms with E-state index in [0.717, 1.165) is 22.8 Å². The van der Waals surface area contributed by atoms with E-state index in [1.54, 1.807) is 11.8 Å². The van der Waals surface area contributed by atoms with E-state index in [1.165, 1.54) is 0 Å². The number of aryl methyl sites for hydroxylation is 1. The number of aliphatic carboxylic acids is 1. The summed E-state index contributed by atoms with van der Waals surface area (Å²) in [5, 5.41) is 13.3. The quantitative estimate of drug-likeness (QED) is 0.378. The van der Waals surface area contributed by atoms with Crippen LogP contribution in [0.15, 0.2) is 42.0 Å². The fourth-order valence-corrected chi connectivity index (χ4v) is 4.80. The molecule has 0 saturated carbocycles. The van der Waals surface area contributed by atoms with Crippen molar-refractivity contribution >= 4 is 17.4 Å². The van der Waals surface area contributed by atoms with Gasteiger partial charge in [-0.25, -0.2) is 13.6 Å². The lowest BCUT2D eigenvalue weighted by molar-refractivity contribution is -0.136. The Morgan fingerprint density at radius 3 is 2.50 bits per heavy atom. The first-order valence-electron chi connectivity index (χ1n) is 11.8. The molecule has 36 heavy (non-hydrogen) atoms. The van der Waals surface area contributed by atoms with Crippen molar-refractivity contribution in [2.24, 2.45) is 5.73 Å². The third-order valence-electron chi connectivity index (χ3n) is 6.50. The second-order valence-electron chi connectivity index (χ2n) is 9.17. The molecule has 2 aliphatic heterocycles. The van der Waals surface area contributed by atoms with Crippen molar-refractivity contribution in [1.29, 1.82) is 0 Å². The molecule has 3 atom stereocenters. The van der Waals surface area contributed by atoms with E-state index >= 15 is 0 Å². The van der Waals surface area contributed by atoms with E-state index in [-0.39, 0.29) is 30.7 Å². The number of hydrogen-bond donors (Lipinski definition) is 3. The van der Waals surface area contributed by atoms with Crippen molar-refractivity contribution in [2.75, 3.05) is 19.7 Å². The third-order valence-corrected chi connectivity index (χ3v) is 6.50. The highest BCUT2D eigenvalue weighted by Crippen LogP contribution is 2.33.